The van der Waals surface area contributed by atoms with Gasteiger partial charge in [0.2, 0.25) is 11.8 Å². The minimum Gasteiger partial charge on any atom is -0.365 e. The number of para-hydroxylation sites is 2. The highest BCUT2D eigenvalue weighted by atomic mass is 16.2. The standard InChI is InChI=1S/C16H19N3O2/c20-15-8-7-12(17-15)16(21)19-10-9-18(11-5-6-11)13-3-1-2-4-14(13)19/h1-4,11-12H,5-10H2,(H,17,20). The molecular weight excluding hydrogens is 266 g/mol. The monoisotopic (exact) mass is 285 g/mol. The Kier molecular flexibility index (Phi) is 2.87. The largest absolute Gasteiger partial charge is 0.365 e. The van der Waals surface area contributed by atoms with Gasteiger partial charge in [-0.05, 0) is 31.4 Å². The fraction of sp³-hybridized carbons (Fsp3) is 0.500. The van der Waals surface area contributed by atoms with Crippen LogP contribution in [0.1, 0.15) is 25.7 Å². The van der Waals surface area contributed by atoms with Crippen LogP contribution in [0.5, 0.6) is 0 Å². The number of carbonyl (C=O) groups excluding carboxylic acids is 2. The Balaban J connectivity index is 1.62. The van der Waals surface area contributed by atoms with Crippen molar-refractivity contribution >= 4 is 23.2 Å². The van der Waals surface area contributed by atoms with Gasteiger partial charge in [0.25, 0.3) is 0 Å². The summed E-state index contributed by atoms with van der Waals surface area (Å²) >= 11 is 0. The lowest BCUT2D eigenvalue weighted by atomic mass is 10.1. The maximum atomic E-state index is 12.7. The minimum absolute atomic E-state index is 0.0155. The maximum absolute atomic E-state index is 12.7. The summed E-state index contributed by atoms with van der Waals surface area (Å²) in [7, 11) is 0. The van der Waals surface area contributed by atoms with Crippen molar-refractivity contribution in [2.75, 3.05) is 22.9 Å². The molecule has 2 aliphatic heterocycles. The molecule has 1 atom stereocenters. The molecule has 3 aliphatic rings. The Labute approximate surface area is 123 Å². The first kappa shape index (κ1) is 12.7. The van der Waals surface area contributed by atoms with Crippen molar-refractivity contribution in [1.82, 2.24) is 5.32 Å². The molecule has 1 unspecified atom stereocenters. The number of fused-ring (bicyclic) bond motifs is 1. The van der Waals surface area contributed by atoms with Crippen LogP contribution in [0.4, 0.5) is 11.4 Å². The van der Waals surface area contributed by atoms with Crippen molar-refractivity contribution in [3.63, 3.8) is 0 Å². The van der Waals surface area contributed by atoms with Crippen molar-refractivity contribution in [2.45, 2.75) is 37.8 Å². The molecule has 5 nitrogen and oxygen atoms in total. The van der Waals surface area contributed by atoms with E-state index in [0.29, 0.717) is 25.4 Å². The molecule has 21 heavy (non-hydrogen) atoms. The normalized spacial score (nSPS) is 24.8. The van der Waals surface area contributed by atoms with E-state index >= 15 is 0 Å². The number of nitrogens with zero attached hydrogens (tertiary/aromatic N) is 2. The quantitative estimate of drug-likeness (QED) is 0.890. The topological polar surface area (TPSA) is 52.7 Å². The molecule has 1 aromatic carbocycles. The third-order valence-electron chi connectivity index (χ3n) is 4.59. The van der Waals surface area contributed by atoms with Crippen LogP contribution in [0.2, 0.25) is 0 Å². The summed E-state index contributed by atoms with van der Waals surface area (Å²) in [6, 6.07) is 8.41. The smallest absolute Gasteiger partial charge is 0.249 e. The Morgan fingerprint density at radius 1 is 1.10 bits per heavy atom. The number of amides is 2. The van der Waals surface area contributed by atoms with E-state index in [4.69, 9.17) is 0 Å². The summed E-state index contributed by atoms with van der Waals surface area (Å²) in [5.41, 5.74) is 2.14. The predicted molar refractivity (Wildman–Crippen MR) is 80.3 cm³/mol. The molecule has 0 bridgehead atoms. The second-order valence-electron chi connectivity index (χ2n) is 6.06. The average molecular weight is 285 g/mol. The molecule has 1 aromatic rings. The summed E-state index contributed by atoms with van der Waals surface area (Å²) in [6.45, 7) is 1.59. The number of benzene rings is 1. The fourth-order valence-electron chi connectivity index (χ4n) is 3.37. The SMILES string of the molecule is O=C1CCC(C(=O)N2CCN(C3CC3)c3ccccc32)N1. The molecule has 4 rings (SSSR count). The van der Waals surface area contributed by atoms with Gasteiger partial charge in [0.15, 0.2) is 0 Å². The van der Waals surface area contributed by atoms with Crippen molar-refractivity contribution in [1.29, 1.82) is 0 Å². The van der Waals surface area contributed by atoms with Crippen LogP contribution in [0, 0.1) is 0 Å². The van der Waals surface area contributed by atoms with E-state index in [1.165, 1.54) is 12.8 Å². The van der Waals surface area contributed by atoms with E-state index in [2.05, 4.69) is 16.3 Å². The van der Waals surface area contributed by atoms with Crippen LogP contribution >= 0.6 is 0 Å². The van der Waals surface area contributed by atoms with Gasteiger partial charge in [0.1, 0.15) is 6.04 Å². The number of nitrogens with one attached hydrogen (secondary N) is 1. The first-order valence-corrected chi connectivity index (χ1v) is 7.70. The van der Waals surface area contributed by atoms with Gasteiger partial charge in [-0.25, -0.2) is 0 Å². The molecule has 1 saturated heterocycles. The van der Waals surface area contributed by atoms with Crippen LogP contribution in [0.3, 0.4) is 0 Å². The molecule has 1 N–H and O–H groups in total. The molecule has 5 heteroatoms. The van der Waals surface area contributed by atoms with Gasteiger partial charge in [0.05, 0.1) is 11.4 Å². The molecular formula is C16H19N3O2. The molecule has 2 heterocycles. The first-order valence-electron chi connectivity index (χ1n) is 7.70. The molecule has 0 aromatic heterocycles. The van der Waals surface area contributed by atoms with Crippen LogP contribution in [-0.2, 0) is 9.59 Å². The number of hydrogen-bond donors (Lipinski definition) is 1. The Hall–Kier alpha value is -2.04. The van der Waals surface area contributed by atoms with Gasteiger partial charge >= 0.3 is 0 Å². The van der Waals surface area contributed by atoms with E-state index in [-0.39, 0.29) is 17.9 Å². The van der Waals surface area contributed by atoms with Gasteiger partial charge < -0.3 is 15.1 Å². The highest BCUT2D eigenvalue weighted by molar-refractivity contribution is 6.03. The zero-order valence-electron chi connectivity index (χ0n) is 11.9. The number of anilines is 2. The Bertz CT molecular complexity index is 597. The lowest BCUT2D eigenvalue weighted by Gasteiger charge is -2.38. The van der Waals surface area contributed by atoms with Crippen LogP contribution < -0.4 is 15.1 Å². The van der Waals surface area contributed by atoms with Crippen molar-refractivity contribution in [3.05, 3.63) is 24.3 Å². The van der Waals surface area contributed by atoms with E-state index in [0.717, 1.165) is 17.9 Å². The van der Waals surface area contributed by atoms with Crippen LogP contribution in [-0.4, -0.2) is 37.0 Å². The Morgan fingerprint density at radius 2 is 1.86 bits per heavy atom. The van der Waals surface area contributed by atoms with E-state index in [1.807, 2.05) is 23.1 Å². The van der Waals surface area contributed by atoms with Gasteiger partial charge in [-0.1, -0.05) is 12.1 Å². The van der Waals surface area contributed by atoms with Crippen molar-refractivity contribution < 1.29 is 9.59 Å². The lowest BCUT2D eigenvalue weighted by Crippen LogP contribution is -2.50. The Morgan fingerprint density at radius 3 is 2.52 bits per heavy atom. The summed E-state index contributed by atoms with van der Waals surface area (Å²) < 4.78 is 0. The molecule has 2 amide bonds. The second kappa shape index (κ2) is 4.76. The maximum Gasteiger partial charge on any atom is 0.249 e. The van der Waals surface area contributed by atoms with Crippen LogP contribution in [0.25, 0.3) is 0 Å². The highest BCUT2D eigenvalue weighted by Crippen LogP contribution is 2.40. The van der Waals surface area contributed by atoms with Crippen molar-refractivity contribution in [2.24, 2.45) is 0 Å². The summed E-state index contributed by atoms with van der Waals surface area (Å²) in [5.74, 6) is 0.0157. The summed E-state index contributed by atoms with van der Waals surface area (Å²) in [4.78, 5) is 28.3. The second-order valence-corrected chi connectivity index (χ2v) is 6.06. The molecule has 1 saturated carbocycles. The number of carbonyl (C=O) groups is 2. The summed E-state index contributed by atoms with van der Waals surface area (Å²) in [5, 5.41) is 2.78. The lowest BCUT2D eigenvalue weighted by molar-refractivity contribution is -0.124. The third kappa shape index (κ3) is 2.17. The van der Waals surface area contributed by atoms with E-state index in [9.17, 15) is 9.59 Å². The highest BCUT2D eigenvalue weighted by Gasteiger charge is 2.38. The fourth-order valence-corrected chi connectivity index (χ4v) is 3.37. The van der Waals surface area contributed by atoms with E-state index < -0.39 is 0 Å². The molecule has 1 aliphatic carbocycles. The van der Waals surface area contributed by atoms with Crippen LogP contribution in [0.15, 0.2) is 24.3 Å². The van der Waals surface area contributed by atoms with E-state index in [1.54, 1.807) is 0 Å². The molecule has 2 fully saturated rings. The predicted octanol–water partition coefficient (Wildman–Crippen LogP) is 1.28. The average Bonchev–Trinajstić information content (AvgIpc) is 3.26. The minimum atomic E-state index is -0.349. The van der Waals surface area contributed by atoms with Gasteiger partial charge in [-0.2, -0.15) is 0 Å². The zero-order chi connectivity index (χ0) is 14.4. The van der Waals surface area contributed by atoms with Gasteiger partial charge in [-0.15, -0.1) is 0 Å². The number of rotatable bonds is 2. The molecule has 0 radical (unpaired) electrons. The molecule has 110 valence electrons. The van der Waals surface area contributed by atoms with Gasteiger partial charge in [0, 0.05) is 25.6 Å². The third-order valence-corrected chi connectivity index (χ3v) is 4.59. The van der Waals surface area contributed by atoms with Crippen molar-refractivity contribution in [3.8, 4) is 0 Å². The molecule has 0 spiro atoms. The number of hydrogen-bond acceptors (Lipinski definition) is 3. The summed E-state index contributed by atoms with van der Waals surface area (Å²) in [6.07, 6.45) is 3.57. The first-order chi connectivity index (χ1) is 10.2. The zero-order valence-corrected chi connectivity index (χ0v) is 11.9. The van der Waals surface area contributed by atoms with Gasteiger partial charge in [-0.3, -0.25) is 9.59 Å².